The summed E-state index contributed by atoms with van der Waals surface area (Å²) in [6.45, 7) is 1.92. The number of aromatic nitrogens is 2. The third kappa shape index (κ3) is 3.64. The zero-order valence-electron chi connectivity index (χ0n) is 11.0. The Morgan fingerprint density at radius 1 is 1.53 bits per heavy atom. The summed E-state index contributed by atoms with van der Waals surface area (Å²) in [5, 5.41) is 2.90. The Morgan fingerprint density at radius 3 is 3.05 bits per heavy atom. The molecule has 0 bridgehead atoms. The number of hydrogen-bond donors (Lipinski definition) is 2. The third-order valence-corrected chi connectivity index (χ3v) is 3.71. The van der Waals surface area contributed by atoms with E-state index in [-0.39, 0.29) is 11.9 Å². The highest BCUT2D eigenvalue weighted by Gasteiger charge is 2.11. The Labute approximate surface area is 114 Å². The minimum atomic E-state index is -0.823. The van der Waals surface area contributed by atoms with E-state index in [4.69, 9.17) is 0 Å². The normalized spacial score (nSPS) is 14.2. The van der Waals surface area contributed by atoms with Crippen LogP contribution in [0.4, 0.5) is 0 Å². The molecular weight excluding hydrogens is 262 g/mol. The average molecular weight is 279 g/mol. The van der Waals surface area contributed by atoms with Crippen molar-refractivity contribution in [2.75, 3.05) is 12.0 Å². The van der Waals surface area contributed by atoms with Crippen molar-refractivity contribution in [1.29, 1.82) is 0 Å². The standard InChI is InChI=1S/C13H17N3O2S/c1-9(5-6-19(2)18)16-13(17)10-3-4-11-12(7-10)15-8-14-11/h3-4,7-9H,5-6H2,1-2H3,(H,14,15)(H,16,17). The van der Waals surface area contributed by atoms with E-state index in [1.165, 1.54) is 0 Å². The van der Waals surface area contributed by atoms with E-state index in [9.17, 15) is 9.00 Å². The molecule has 19 heavy (non-hydrogen) atoms. The second-order valence-corrected chi connectivity index (χ2v) is 6.13. The number of rotatable bonds is 5. The third-order valence-electron chi connectivity index (χ3n) is 2.90. The van der Waals surface area contributed by atoms with Gasteiger partial charge in [-0.3, -0.25) is 9.00 Å². The van der Waals surface area contributed by atoms with Crippen LogP contribution >= 0.6 is 0 Å². The summed E-state index contributed by atoms with van der Waals surface area (Å²) in [5.74, 6) is 0.479. The molecule has 2 unspecified atom stereocenters. The van der Waals surface area contributed by atoms with Gasteiger partial charge in [0.05, 0.1) is 17.4 Å². The molecule has 1 heterocycles. The van der Waals surface area contributed by atoms with Gasteiger partial charge in [0.25, 0.3) is 5.91 Å². The van der Waals surface area contributed by atoms with Crippen molar-refractivity contribution in [2.24, 2.45) is 0 Å². The molecule has 102 valence electrons. The lowest BCUT2D eigenvalue weighted by Gasteiger charge is -2.13. The van der Waals surface area contributed by atoms with Crippen LogP contribution in [0.2, 0.25) is 0 Å². The molecule has 0 saturated carbocycles. The number of carbonyl (C=O) groups excluding carboxylic acids is 1. The van der Waals surface area contributed by atoms with E-state index in [1.54, 1.807) is 24.7 Å². The van der Waals surface area contributed by atoms with Crippen LogP contribution in [0.5, 0.6) is 0 Å². The van der Waals surface area contributed by atoms with E-state index >= 15 is 0 Å². The first kappa shape index (κ1) is 13.7. The number of nitrogens with zero attached hydrogens (tertiary/aromatic N) is 1. The number of fused-ring (bicyclic) bond motifs is 1. The second kappa shape index (κ2) is 5.97. The zero-order chi connectivity index (χ0) is 13.8. The van der Waals surface area contributed by atoms with Crippen LogP contribution in [0.1, 0.15) is 23.7 Å². The van der Waals surface area contributed by atoms with Crippen LogP contribution in [-0.4, -0.2) is 38.1 Å². The molecule has 0 fully saturated rings. The average Bonchev–Trinajstić information content (AvgIpc) is 2.83. The SMILES string of the molecule is CC(CCS(C)=O)NC(=O)c1ccc2nc[nH]c2c1. The van der Waals surface area contributed by atoms with Gasteiger partial charge in [-0.25, -0.2) is 4.98 Å². The summed E-state index contributed by atoms with van der Waals surface area (Å²) in [6, 6.07) is 5.35. The van der Waals surface area contributed by atoms with Gasteiger partial charge in [0.2, 0.25) is 0 Å². The second-order valence-electron chi connectivity index (χ2n) is 4.57. The van der Waals surface area contributed by atoms with Crippen molar-refractivity contribution in [1.82, 2.24) is 15.3 Å². The number of aromatic amines is 1. The predicted molar refractivity (Wildman–Crippen MR) is 76.6 cm³/mol. The minimum Gasteiger partial charge on any atom is -0.350 e. The summed E-state index contributed by atoms with van der Waals surface area (Å²) >= 11 is 0. The molecule has 1 aromatic heterocycles. The predicted octanol–water partition coefficient (Wildman–Crippen LogP) is 1.45. The Hall–Kier alpha value is -1.69. The largest absolute Gasteiger partial charge is 0.350 e. The van der Waals surface area contributed by atoms with Crippen molar-refractivity contribution >= 4 is 27.7 Å². The fraction of sp³-hybridized carbons (Fsp3) is 0.385. The van der Waals surface area contributed by atoms with E-state index in [0.717, 1.165) is 11.0 Å². The first-order valence-corrected chi connectivity index (χ1v) is 7.83. The van der Waals surface area contributed by atoms with Crippen molar-refractivity contribution in [3.8, 4) is 0 Å². The molecule has 1 amide bonds. The zero-order valence-corrected chi connectivity index (χ0v) is 11.8. The molecule has 6 heteroatoms. The van der Waals surface area contributed by atoms with Gasteiger partial charge in [-0.2, -0.15) is 0 Å². The number of benzene rings is 1. The smallest absolute Gasteiger partial charge is 0.251 e. The van der Waals surface area contributed by atoms with Gasteiger partial charge in [0, 0.05) is 34.4 Å². The first-order chi connectivity index (χ1) is 9.06. The summed E-state index contributed by atoms with van der Waals surface area (Å²) in [7, 11) is -0.823. The molecule has 2 rings (SSSR count). The summed E-state index contributed by atoms with van der Waals surface area (Å²) < 4.78 is 11.0. The molecule has 2 aromatic rings. The number of hydrogen-bond acceptors (Lipinski definition) is 3. The van der Waals surface area contributed by atoms with Crippen LogP contribution in [0, 0.1) is 0 Å². The number of imidazole rings is 1. The molecule has 0 saturated heterocycles. The first-order valence-electron chi connectivity index (χ1n) is 6.10. The molecular formula is C13H17N3O2S. The maximum Gasteiger partial charge on any atom is 0.251 e. The fourth-order valence-corrected chi connectivity index (χ4v) is 2.48. The molecule has 5 nitrogen and oxygen atoms in total. The number of amides is 1. The van der Waals surface area contributed by atoms with Crippen LogP contribution in [0.3, 0.4) is 0 Å². The molecule has 2 atom stereocenters. The molecule has 0 radical (unpaired) electrons. The monoisotopic (exact) mass is 279 g/mol. The molecule has 1 aromatic carbocycles. The quantitative estimate of drug-likeness (QED) is 0.870. The fourth-order valence-electron chi connectivity index (χ4n) is 1.80. The maximum absolute atomic E-state index is 12.0. The highest BCUT2D eigenvalue weighted by Crippen LogP contribution is 2.11. The maximum atomic E-state index is 12.0. The van der Waals surface area contributed by atoms with Crippen molar-refractivity contribution in [2.45, 2.75) is 19.4 Å². The lowest BCUT2D eigenvalue weighted by Crippen LogP contribution is -2.33. The topological polar surface area (TPSA) is 74.8 Å². The van der Waals surface area contributed by atoms with Gasteiger partial charge in [-0.05, 0) is 31.5 Å². The van der Waals surface area contributed by atoms with Crippen LogP contribution in [-0.2, 0) is 10.8 Å². The Balaban J connectivity index is 2.00. The number of carbonyl (C=O) groups is 1. The van der Waals surface area contributed by atoms with Gasteiger partial charge in [-0.15, -0.1) is 0 Å². The highest BCUT2D eigenvalue weighted by molar-refractivity contribution is 7.84. The number of nitrogens with one attached hydrogen (secondary N) is 2. The van der Waals surface area contributed by atoms with Crippen molar-refractivity contribution < 1.29 is 9.00 Å². The lowest BCUT2D eigenvalue weighted by molar-refractivity contribution is 0.0939. The molecule has 0 aliphatic rings. The molecule has 2 N–H and O–H groups in total. The highest BCUT2D eigenvalue weighted by atomic mass is 32.2. The van der Waals surface area contributed by atoms with Gasteiger partial charge < -0.3 is 10.3 Å². The van der Waals surface area contributed by atoms with Gasteiger partial charge >= 0.3 is 0 Å². The number of H-pyrrole nitrogens is 1. The van der Waals surface area contributed by atoms with E-state index in [1.807, 2.05) is 13.0 Å². The minimum absolute atomic E-state index is 0.00821. The van der Waals surface area contributed by atoms with E-state index < -0.39 is 10.8 Å². The lowest BCUT2D eigenvalue weighted by atomic mass is 10.1. The summed E-state index contributed by atoms with van der Waals surface area (Å²) in [4.78, 5) is 19.1. The van der Waals surface area contributed by atoms with E-state index in [2.05, 4.69) is 15.3 Å². The van der Waals surface area contributed by atoms with Crippen molar-refractivity contribution in [3.63, 3.8) is 0 Å². The van der Waals surface area contributed by atoms with Gasteiger partial charge in [0.15, 0.2) is 0 Å². The van der Waals surface area contributed by atoms with Gasteiger partial charge in [-0.1, -0.05) is 0 Å². The summed E-state index contributed by atoms with van der Waals surface area (Å²) in [6.07, 6.45) is 3.98. The molecule has 0 aliphatic carbocycles. The molecule has 0 aliphatic heterocycles. The van der Waals surface area contributed by atoms with Gasteiger partial charge in [0.1, 0.15) is 0 Å². The Kier molecular flexibility index (Phi) is 4.31. The van der Waals surface area contributed by atoms with Crippen LogP contribution < -0.4 is 5.32 Å². The Bertz CT molecular complexity index is 609. The summed E-state index contributed by atoms with van der Waals surface area (Å²) in [5.41, 5.74) is 2.28. The van der Waals surface area contributed by atoms with Crippen LogP contribution in [0.15, 0.2) is 24.5 Å². The van der Waals surface area contributed by atoms with Crippen molar-refractivity contribution in [3.05, 3.63) is 30.1 Å². The van der Waals surface area contributed by atoms with E-state index in [0.29, 0.717) is 17.7 Å². The molecule has 0 spiro atoms. The van der Waals surface area contributed by atoms with Crippen LogP contribution in [0.25, 0.3) is 11.0 Å². The Morgan fingerprint density at radius 2 is 2.32 bits per heavy atom.